The lowest BCUT2D eigenvalue weighted by atomic mass is 10.1. The minimum Gasteiger partial charge on any atom is -0.387 e. The second kappa shape index (κ2) is 4.93. The number of hydrogen-bond acceptors (Lipinski definition) is 2. The Kier molecular flexibility index (Phi) is 3.05. The fourth-order valence-corrected chi connectivity index (χ4v) is 4.18. The Balaban J connectivity index is 1.58. The van der Waals surface area contributed by atoms with Crippen LogP contribution in [0, 0.1) is 11.7 Å². The van der Waals surface area contributed by atoms with Gasteiger partial charge in [-0.1, -0.05) is 36.4 Å². The third-order valence-corrected chi connectivity index (χ3v) is 5.43. The van der Waals surface area contributed by atoms with Crippen molar-refractivity contribution in [2.45, 2.75) is 18.4 Å². The van der Waals surface area contributed by atoms with Crippen LogP contribution in [0.2, 0.25) is 0 Å². The van der Waals surface area contributed by atoms with Gasteiger partial charge in [0.25, 0.3) is 0 Å². The maximum atomic E-state index is 13.2. The largest absolute Gasteiger partial charge is 0.387 e. The molecule has 1 N–H and O–H groups in total. The van der Waals surface area contributed by atoms with Gasteiger partial charge in [-0.3, -0.25) is 0 Å². The molecule has 0 radical (unpaired) electrons. The molecule has 1 fully saturated rings. The van der Waals surface area contributed by atoms with Crippen LogP contribution in [0.4, 0.5) is 4.39 Å². The lowest BCUT2D eigenvalue weighted by molar-refractivity contribution is 0.155. The maximum Gasteiger partial charge on any atom is 0.124 e. The summed E-state index contributed by atoms with van der Waals surface area (Å²) in [5.74, 6) is 0.507. The molecule has 0 spiro atoms. The van der Waals surface area contributed by atoms with Crippen molar-refractivity contribution >= 4 is 21.4 Å². The van der Waals surface area contributed by atoms with Gasteiger partial charge in [-0.15, -0.1) is 11.3 Å². The van der Waals surface area contributed by atoms with Crippen LogP contribution in [-0.4, -0.2) is 5.11 Å². The van der Waals surface area contributed by atoms with E-state index >= 15 is 0 Å². The first-order valence-electron chi connectivity index (χ1n) is 7.14. The normalized spacial score (nSPS) is 22.4. The molecule has 1 aliphatic carbocycles. The number of benzene rings is 2. The fraction of sp³-hybridized carbons (Fsp3) is 0.222. The van der Waals surface area contributed by atoms with E-state index in [-0.39, 0.29) is 11.7 Å². The number of thiophene rings is 1. The van der Waals surface area contributed by atoms with Crippen molar-refractivity contribution in [1.82, 2.24) is 0 Å². The summed E-state index contributed by atoms with van der Waals surface area (Å²) in [5, 5.41) is 11.6. The summed E-state index contributed by atoms with van der Waals surface area (Å²) in [6.45, 7) is 0. The predicted molar refractivity (Wildman–Crippen MR) is 84.0 cm³/mol. The molecule has 3 aromatic rings. The first-order chi connectivity index (χ1) is 10.2. The minimum atomic E-state index is -0.448. The van der Waals surface area contributed by atoms with Crippen LogP contribution in [0.3, 0.4) is 0 Å². The number of aliphatic hydroxyl groups excluding tert-OH is 1. The number of aliphatic hydroxyl groups is 1. The lowest BCUT2D eigenvalue weighted by Crippen LogP contribution is -1.98. The van der Waals surface area contributed by atoms with E-state index in [1.54, 1.807) is 6.07 Å². The van der Waals surface area contributed by atoms with E-state index in [0.29, 0.717) is 5.92 Å². The summed E-state index contributed by atoms with van der Waals surface area (Å²) in [4.78, 5) is 0.944. The maximum absolute atomic E-state index is 13.2. The van der Waals surface area contributed by atoms with Crippen molar-refractivity contribution in [3.63, 3.8) is 0 Å². The molecule has 0 amide bonds. The Morgan fingerprint density at radius 1 is 1.10 bits per heavy atom. The highest BCUT2D eigenvalue weighted by atomic mass is 32.1. The van der Waals surface area contributed by atoms with E-state index in [9.17, 15) is 9.50 Å². The van der Waals surface area contributed by atoms with Crippen LogP contribution < -0.4 is 0 Å². The van der Waals surface area contributed by atoms with E-state index < -0.39 is 6.10 Å². The zero-order valence-corrected chi connectivity index (χ0v) is 12.2. The molecule has 3 atom stereocenters. The first kappa shape index (κ1) is 13.0. The third-order valence-electron chi connectivity index (χ3n) is 4.27. The van der Waals surface area contributed by atoms with Crippen LogP contribution in [0.5, 0.6) is 0 Å². The summed E-state index contributed by atoms with van der Waals surface area (Å²) in [5.41, 5.74) is 1.30. The highest BCUT2D eigenvalue weighted by Gasteiger charge is 2.44. The minimum absolute atomic E-state index is 0.223. The van der Waals surface area contributed by atoms with Crippen molar-refractivity contribution in [2.75, 3.05) is 0 Å². The molecule has 3 unspecified atom stereocenters. The highest BCUT2D eigenvalue weighted by Crippen LogP contribution is 2.55. The molecular weight excluding hydrogens is 283 g/mol. The molecule has 1 saturated carbocycles. The first-order valence-corrected chi connectivity index (χ1v) is 7.96. The Bertz CT molecular complexity index is 780. The summed E-state index contributed by atoms with van der Waals surface area (Å²) < 4.78 is 14.1. The molecule has 2 aromatic carbocycles. The molecule has 0 saturated heterocycles. The van der Waals surface area contributed by atoms with Crippen LogP contribution in [0.15, 0.2) is 54.6 Å². The molecule has 21 heavy (non-hydrogen) atoms. The standard InChI is InChI=1S/C18H15FOS/c19-13-7-6-12-8-17(21-16(12)9-13)18(20)15-10-14(15)11-4-2-1-3-5-11/h1-9,14-15,18,20H,10H2. The lowest BCUT2D eigenvalue weighted by Gasteiger charge is -2.07. The summed E-state index contributed by atoms with van der Waals surface area (Å²) in [6.07, 6.45) is 0.573. The van der Waals surface area contributed by atoms with Crippen molar-refractivity contribution < 1.29 is 9.50 Å². The average molecular weight is 298 g/mol. The van der Waals surface area contributed by atoms with E-state index in [0.717, 1.165) is 21.4 Å². The summed E-state index contributed by atoms with van der Waals surface area (Å²) in [6, 6.07) is 17.1. The zero-order chi connectivity index (χ0) is 14.4. The number of hydrogen-bond donors (Lipinski definition) is 1. The van der Waals surface area contributed by atoms with Gasteiger partial charge in [-0.05, 0) is 47.4 Å². The SMILES string of the molecule is OC(c1cc2ccc(F)cc2s1)C1CC1c1ccccc1. The number of fused-ring (bicyclic) bond motifs is 1. The zero-order valence-electron chi connectivity index (χ0n) is 11.4. The van der Waals surface area contributed by atoms with Gasteiger partial charge in [-0.25, -0.2) is 4.39 Å². The highest BCUT2D eigenvalue weighted by molar-refractivity contribution is 7.19. The van der Waals surface area contributed by atoms with Gasteiger partial charge in [0.1, 0.15) is 5.82 Å². The van der Waals surface area contributed by atoms with Crippen molar-refractivity contribution in [2.24, 2.45) is 5.92 Å². The second-order valence-electron chi connectivity index (χ2n) is 5.69. The van der Waals surface area contributed by atoms with Gasteiger partial charge in [0.2, 0.25) is 0 Å². The Morgan fingerprint density at radius 2 is 1.90 bits per heavy atom. The van der Waals surface area contributed by atoms with Crippen LogP contribution >= 0.6 is 11.3 Å². The molecule has 1 aliphatic rings. The molecule has 1 heterocycles. The van der Waals surface area contributed by atoms with Gasteiger partial charge >= 0.3 is 0 Å². The topological polar surface area (TPSA) is 20.2 Å². The molecule has 106 valence electrons. The molecule has 4 rings (SSSR count). The molecule has 1 aromatic heterocycles. The molecular formula is C18H15FOS. The van der Waals surface area contributed by atoms with Crippen molar-refractivity contribution in [1.29, 1.82) is 0 Å². The average Bonchev–Trinajstić information content (AvgIpc) is 3.20. The van der Waals surface area contributed by atoms with E-state index in [2.05, 4.69) is 12.1 Å². The summed E-state index contributed by atoms with van der Waals surface area (Å²) in [7, 11) is 0. The Hall–Kier alpha value is -1.71. The van der Waals surface area contributed by atoms with Crippen molar-refractivity contribution in [3.05, 3.63) is 70.9 Å². The molecule has 0 bridgehead atoms. The Morgan fingerprint density at radius 3 is 2.71 bits per heavy atom. The monoisotopic (exact) mass is 298 g/mol. The molecule has 3 heteroatoms. The fourth-order valence-electron chi connectivity index (χ4n) is 3.03. The number of halogens is 1. The van der Waals surface area contributed by atoms with Crippen LogP contribution in [0.25, 0.3) is 10.1 Å². The Labute approximate surface area is 126 Å². The van der Waals surface area contributed by atoms with E-state index in [4.69, 9.17) is 0 Å². The number of rotatable bonds is 3. The van der Waals surface area contributed by atoms with Gasteiger partial charge in [0.15, 0.2) is 0 Å². The van der Waals surface area contributed by atoms with Crippen LogP contribution in [0.1, 0.15) is 28.9 Å². The quantitative estimate of drug-likeness (QED) is 0.731. The van der Waals surface area contributed by atoms with Gasteiger partial charge in [0, 0.05) is 9.58 Å². The summed E-state index contributed by atoms with van der Waals surface area (Å²) >= 11 is 1.50. The smallest absolute Gasteiger partial charge is 0.124 e. The molecule has 1 nitrogen and oxygen atoms in total. The predicted octanol–water partition coefficient (Wildman–Crippen LogP) is 4.88. The van der Waals surface area contributed by atoms with Gasteiger partial charge < -0.3 is 5.11 Å². The third kappa shape index (κ3) is 2.37. The van der Waals surface area contributed by atoms with Gasteiger partial charge in [0.05, 0.1) is 6.10 Å². The van der Waals surface area contributed by atoms with Crippen LogP contribution in [-0.2, 0) is 0 Å². The van der Waals surface area contributed by atoms with E-state index in [1.807, 2.05) is 24.3 Å². The molecule has 0 aliphatic heterocycles. The van der Waals surface area contributed by atoms with Gasteiger partial charge in [-0.2, -0.15) is 0 Å². The van der Waals surface area contributed by atoms with Crippen molar-refractivity contribution in [3.8, 4) is 0 Å². The van der Waals surface area contributed by atoms with E-state index in [1.165, 1.54) is 29.0 Å². The second-order valence-corrected chi connectivity index (χ2v) is 6.81.